The van der Waals surface area contributed by atoms with Gasteiger partial charge in [0, 0.05) is 30.2 Å². The molecule has 0 bridgehead atoms. The maximum atomic E-state index is 11.5. The molecule has 1 aromatic carbocycles. The van der Waals surface area contributed by atoms with Crippen LogP contribution in [0, 0.1) is 16.0 Å². The zero-order valence-corrected chi connectivity index (χ0v) is 15.6. The summed E-state index contributed by atoms with van der Waals surface area (Å²) >= 11 is 3.34. The third-order valence-electron chi connectivity index (χ3n) is 4.42. The molecule has 0 unspecified atom stereocenters. The normalized spacial score (nSPS) is 21.4. The second-order valence-electron chi connectivity index (χ2n) is 6.60. The topological polar surface area (TPSA) is 55.6 Å². The molecular formula is C17H25BrN2O3. The van der Waals surface area contributed by atoms with Crippen LogP contribution in [0.3, 0.4) is 0 Å². The predicted octanol–water partition coefficient (Wildman–Crippen LogP) is 4.78. The van der Waals surface area contributed by atoms with Gasteiger partial charge in [-0.3, -0.25) is 10.1 Å². The van der Waals surface area contributed by atoms with Crippen LogP contribution in [0.1, 0.15) is 39.5 Å². The Bertz CT molecular complexity index is 543. The van der Waals surface area contributed by atoms with E-state index in [0.29, 0.717) is 18.1 Å². The highest BCUT2D eigenvalue weighted by molar-refractivity contribution is 9.10. The van der Waals surface area contributed by atoms with Gasteiger partial charge in [0.2, 0.25) is 0 Å². The molecule has 1 fully saturated rings. The summed E-state index contributed by atoms with van der Waals surface area (Å²) in [6.45, 7) is 5.13. The molecule has 1 saturated carbocycles. The Morgan fingerprint density at radius 1 is 1.35 bits per heavy atom. The average molecular weight is 385 g/mol. The molecule has 6 heteroatoms. The summed E-state index contributed by atoms with van der Waals surface area (Å²) in [5.74, 6) is 0.443. The number of hydrogen-bond acceptors (Lipinski definition) is 4. The third-order valence-corrected chi connectivity index (χ3v) is 4.92. The summed E-state index contributed by atoms with van der Waals surface area (Å²) < 4.78 is 6.19. The molecule has 0 aromatic heterocycles. The lowest BCUT2D eigenvalue weighted by atomic mass is 9.90. The molecular weight excluding hydrogens is 360 g/mol. The van der Waals surface area contributed by atoms with E-state index in [4.69, 9.17) is 4.74 Å². The molecule has 0 amide bonds. The van der Waals surface area contributed by atoms with Gasteiger partial charge >= 0.3 is 0 Å². The van der Waals surface area contributed by atoms with Gasteiger partial charge in [0.15, 0.2) is 0 Å². The lowest BCUT2D eigenvalue weighted by Crippen LogP contribution is -2.41. The van der Waals surface area contributed by atoms with Crippen molar-refractivity contribution in [2.45, 2.75) is 51.7 Å². The lowest BCUT2D eigenvalue weighted by molar-refractivity contribution is -0.384. The van der Waals surface area contributed by atoms with Crippen LogP contribution < -0.4 is 4.90 Å². The third kappa shape index (κ3) is 4.67. The Hall–Kier alpha value is -1.14. The molecule has 0 N–H and O–H groups in total. The number of nitrogens with zero attached hydrogens (tertiary/aromatic N) is 2. The molecule has 0 aliphatic heterocycles. The SMILES string of the molecule is COC1CCC(N(CC(C)C)c2ccc(Br)cc2[N+](=O)[O-])CC1. The standard InChI is InChI=1S/C17H25BrN2O3/c1-12(2)11-19(14-5-7-15(23-3)8-6-14)16-9-4-13(18)10-17(16)20(21)22/h4,9-10,12,14-15H,5-8,11H2,1-3H3. The van der Waals surface area contributed by atoms with Gasteiger partial charge < -0.3 is 9.64 Å². The van der Waals surface area contributed by atoms with E-state index in [-0.39, 0.29) is 10.6 Å². The Kier molecular flexibility index (Phi) is 6.41. The number of nitro benzene ring substituents is 1. The molecule has 0 atom stereocenters. The number of benzene rings is 1. The molecule has 23 heavy (non-hydrogen) atoms. The number of ether oxygens (including phenoxy) is 1. The largest absolute Gasteiger partial charge is 0.381 e. The maximum Gasteiger partial charge on any atom is 0.293 e. The first kappa shape index (κ1) is 18.2. The Morgan fingerprint density at radius 3 is 2.52 bits per heavy atom. The predicted molar refractivity (Wildman–Crippen MR) is 96.0 cm³/mol. The van der Waals surface area contributed by atoms with E-state index in [1.807, 2.05) is 12.1 Å². The zero-order chi connectivity index (χ0) is 17.0. The molecule has 0 spiro atoms. The van der Waals surface area contributed by atoms with Gasteiger partial charge in [-0.05, 0) is 43.7 Å². The van der Waals surface area contributed by atoms with Crippen LogP contribution in [0.15, 0.2) is 22.7 Å². The summed E-state index contributed by atoms with van der Waals surface area (Å²) in [7, 11) is 1.76. The Labute approximate surface area is 146 Å². The van der Waals surface area contributed by atoms with Crippen molar-refractivity contribution in [2.24, 2.45) is 5.92 Å². The van der Waals surface area contributed by atoms with Crippen LogP contribution >= 0.6 is 15.9 Å². The van der Waals surface area contributed by atoms with Gasteiger partial charge in [0.1, 0.15) is 5.69 Å². The quantitative estimate of drug-likeness (QED) is 0.523. The molecule has 128 valence electrons. The van der Waals surface area contributed by atoms with Gasteiger partial charge in [-0.2, -0.15) is 0 Å². The number of halogens is 1. The highest BCUT2D eigenvalue weighted by Gasteiger charge is 2.30. The van der Waals surface area contributed by atoms with Gasteiger partial charge in [0.05, 0.1) is 11.0 Å². The summed E-state index contributed by atoms with van der Waals surface area (Å²) in [5.41, 5.74) is 0.904. The van der Waals surface area contributed by atoms with E-state index in [2.05, 4.69) is 34.7 Å². The van der Waals surface area contributed by atoms with Gasteiger partial charge in [-0.25, -0.2) is 0 Å². The minimum absolute atomic E-state index is 0.175. The van der Waals surface area contributed by atoms with Crippen LogP contribution in [0.5, 0.6) is 0 Å². The highest BCUT2D eigenvalue weighted by Crippen LogP contribution is 2.36. The van der Waals surface area contributed by atoms with Crippen molar-refractivity contribution in [2.75, 3.05) is 18.6 Å². The molecule has 0 radical (unpaired) electrons. The van der Waals surface area contributed by atoms with Crippen molar-refractivity contribution in [3.8, 4) is 0 Å². The summed E-state index contributed by atoms with van der Waals surface area (Å²) in [6.07, 6.45) is 4.38. The van der Waals surface area contributed by atoms with Crippen LogP contribution in [-0.2, 0) is 4.74 Å². The van der Waals surface area contributed by atoms with Gasteiger partial charge in [-0.1, -0.05) is 29.8 Å². The summed E-state index contributed by atoms with van der Waals surface area (Å²) in [6, 6.07) is 5.69. The zero-order valence-electron chi connectivity index (χ0n) is 14.0. The Balaban J connectivity index is 2.30. The second-order valence-corrected chi connectivity index (χ2v) is 7.52. The smallest absolute Gasteiger partial charge is 0.293 e. The monoisotopic (exact) mass is 384 g/mol. The van der Waals surface area contributed by atoms with Crippen molar-refractivity contribution >= 4 is 27.3 Å². The van der Waals surface area contributed by atoms with Crippen LogP contribution in [0.2, 0.25) is 0 Å². The number of anilines is 1. The van der Waals surface area contributed by atoms with Gasteiger partial charge in [-0.15, -0.1) is 0 Å². The minimum atomic E-state index is -0.284. The fourth-order valence-corrected chi connectivity index (χ4v) is 3.66. The van der Waals surface area contributed by atoms with Gasteiger partial charge in [0.25, 0.3) is 5.69 Å². The van der Waals surface area contributed by atoms with E-state index >= 15 is 0 Å². The van der Waals surface area contributed by atoms with E-state index in [1.54, 1.807) is 13.2 Å². The first-order valence-electron chi connectivity index (χ1n) is 8.15. The van der Waals surface area contributed by atoms with Crippen molar-refractivity contribution in [3.05, 3.63) is 32.8 Å². The average Bonchev–Trinajstić information content (AvgIpc) is 2.52. The van der Waals surface area contributed by atoms with E-state index in [0.717, 1.165) is 42.4 Å². The van der Waals surface area contributed by atoms with E-state index < -0.39 is 0 Å². The van der Waals surface area contributed by atoms with Crippen molar-refractivity contribution in [1.82, 2.24) is 0 Å². The van der Waals surface area contributed by atoms with E-state index in [1.165, 1.54) is 0 Å². The number of hydrogen-bond donors (Lipinski definition) is 0. The fraction of sp³-hybridized carbons (Fsp3) is 0.647. The molecule has 1 aromatic rings. The van der Waals surface area contributed by atoms with Crippen LogP contribution in [0.25, 0.3) is 0 Å². The van der Waals surface area contributed by atoms with Crippen LogP contribution in [-0.4, -0.2) is 30.7 Å². The summed E-state index contributed by atoms with van der Waals surface area (Å²) in [5, 5.41) is 11.5. The van der Waals surface area contributed by atoms with Crippen molar-refractivity contribution in [3.63, 3.8) is 0 Å². The Morgan fingerprint density at radius 2 is 2.00 bits per heavy atom. The van der Waals surface area contributed by atoms with Crippen molar-refractivity contribution in [1.29, 1.82) is 0 Å². The molecule has 0 heterocycles. The fourth-order valence-electron chi connectivity index (χ4n) is 3.32. The maximum absolute atomic E-state index is 11.5. The number of methoxy groups -OCH3 is 1. The number of nitro groups is 1. The number of rotatable bonds is 6. The first-order valence-corrected chi connectivity index (χ1v) is 8.95. The molecule has 0 saturated heterocycles. The molecule has 1 aliphatic carbocycles. The highest BCUT2D eigenvalue weighted by atomic mass is 79.9. The minimum Gasteiger partial charge on any atom is -0.381 e. The van der Waals surface area contributed by atoms with Crippen LogP contribution in [0.4, 0.5) is 11.4 Å². The first-order chi connectivity index (χ1) is 10.9. The van der Waals surface area contributed by atoms with E-state index in [9.17, 15) is 10.1 Å². The van der Waals surface area contributed by atoms with Crippen molar-refractivity contribution < 1.29 is 9.66 Å². The molecule has 1 aliphatic rings. The summed E-state index contributed by atoms with van der Waals surface area (Å²) in [4.78, 5) is 13.4. The lowest BCUT2D eigenvalue weighted by Gasteiger charge is -2.38. The molecule has 2 rings (SSSR count). The second kappa shape index (κ2) is 8.11. The molecule has 5 nitrogen and oxygen atoms in total.